The summed E-state index contributed by atoms with van der Waals surface area (Å²) in [7, 11) is 0. The first kappa shape index (κ1) is 18.1. The van der Waals surface area contributed by atoms with E-state index in [1.165, 1.54) is 6.07 Å². The van der Waals surface area contributed by atoms with Gasteiger partial charge in [-0.1, -0.05) is 28.1 Å². The topological polar surface area (TPSA) is 30.5 Å². The van der Waals surface area contributed by atoms with Crippen LogP contribution in [0.25, 0.3) is 0 Å². The normalized spacial score (nSPS) is 16.2. The molecular weight excluding hydrogens is 399 g/mol. The second-order valence-electron chi connectivity index (χ2n) is 6.23. The van der Waals surface area contributed by atoms with Crippen LogP contribution in [0.5, 0.6) is 11.5 Å². The van der Waals surface area contributed by atoms with Gasteiger partial charge < -0.3 is 14.8 Å². The Labute approximate surface area is 152 Å². The van der Waals surface area contributed by atoms with Crippen molar-refractivity contribution in [3.05, 3.63) is 58.1 Å². The fraction of sp³-hybridized carbons (Fsp3) is 0.333. The number of hydrogen-bond acceptors (Lipinski definition) is 3. The molecule has 0 atom stereocenters. The van der Waals surface area contributed by atoms with Crippen molar-refractivity contribution in [3.8, 4) is 11.5 Å². The zero-order valence-corrected chi connectivity index (χ0v) is 15.1. The van der Waals surface area contributed by atoms with Gasteiger partial charge in [0.05, 0.1) is 5.56 Å². The highest BCUT2D eigenvalue weighted by Crippen LogP contribution is 2.35. The molecule has 7 heteroatoms. The number of nitrogens with one attached hydrogen (secondary N) is 1. The lowest BCUT2D eigenvalue weighted by Gasteiger charge is -2.39. The lowest BCUT2D eigenvalue weighted by Crippen LogP contribution is -2.61. The molecule has 1 fully saturated rings. The van der Waals surface area contributed by atoms with Crippen LogP contribution in [-0.2, 0) is 12.8 Å². The highest BCUT2D eigenvalue weighted by Gasteiger charge is 2.34. The molecule has 0 amide bonds. The fourth-order valence-corrected chi connectivity index (χ4v) is 2.83. The van der Waals surface area contributed by atoms with Crippen molar-refractivity contribution in [2.75, 3.05) is 13.1 Å². The van der Waals surface area contributed by atoms with Crippen LogP contribution in [0.15, 0.2) is 46.9 Å². The molecule has 0 aliphatic carbocycles. The van der Waals surface area contributed by atoms with Crippen LogP contribution in [0.3, 0.4) is 0 Å². The molecule has 0 unspecified atom stereocenters. The van der Waals surface area contributed by atoms with E-state index in [1.54, 1.807) is 24.3 Å². The highest BCUT2D eigenvalue weighted by molar-refractivity contribution is 9.10. The molecule has 2 aromatic carbocycles. The third kappa shape index (κ3) is 4.46. The van der Waals surface area contributed by atoms with Gasteiger partial charge in [-0.15, -0.1) is 0 Å². The lowest BCUT2D eigenvalue weighted by molar-refractivity contribution is -0.137. The average molecular weight is 416 g/mol. The Kier molecular flexibility index (Phi) is 4.97. The Hall–Kier alpha value is -1.73. The van der Waals surface area contributed by atoms with Crippen LogP contribution in [0, 0.1) is 0 Å². The van der Waals surface area contributed by atoms with Gasteiger partial charge in [0.1, 0.15) is 12.2 Å². The van der Waals surface area contributed by atoms with Crippen molar-refractivity contribution in [2.45, 2.75) is 25.3 Å². The predicted octanol–water partition coefficient (Wildman–Crippen LogP) is 4.79. The Bertz CT molecular complexity index is 760. The van der Waals surface area contributed by atoms with E-state index in [2.05, 4.69) is 21.2 Å². The van der Waals surface area contributed by atoms with Crippen molar-refractivity contribution in [1.29, 1.82) is 0 Å². The van der Waals surface area contributed by atoms with E-state index >= 15 is 0 Å². The minimum absolute atomic E-state index is 0.0247. The van der Waals surface area contributed by atoms with E-state index in [4.69, 9.17) is 9.47 Å². The van der Waals surface area contributed by atoms with E-state index in [0.717, 1.165) is 29.7 Å². The second kappa shape index (κ2) is 6.88. The SMILES string of the molecule is CC1(Oc2cc(Br)ccc2OCc2cccc(C(F)(F)F)c2)CNC1. The van der Waals surface area contributed by atoms with Gasteiger partial charge in [0.2, 0.25) is 0 Å². The third-order valence-corrected chi connectivity index (χ3v) is 4.40. The largest absolute Gasteiger partial charge is 0.485 e. The van der Waals surface area contributed by atoms with Gasteiger partial charge >= 0.3 is 6.18 Å². The quantitative estimate of drug-likeness (QED) is 0.761. The minimum Gasteiger partial charge on any atom is -0.485 e. The summed E-state index contributed by atoms with van der Waals surface area (Å²) in [6, 6.07) is 10.5. The van der Waals surface area contributed by atoms with E-state index in [0.29, 0.717) is 17.1 Å². The maximum atomic E-state index is 12.8. The average Bonchev–Trinajstić information content (AvgIpc) is 2.52. The molecule has 0 aromatic heterocycles. The Morgan fingerprint density at radius 1 is 1.12 bits per heavy atom. The van der Waals surface area contributed by atoms with E-state index < -0.39 is 11.7 Å². The molecule has 134 valence electrons. The van der Waals surface area contributed by atoms with Gasteiger partial charge in [-0.3, -0.25) is 0 Å². The standard InChI is InChI=1S/C18H17BrF3NO2/c1-17(10-23-11-17)25-16-8-14(19)5-6-15(16)24-9-12-3-2-4-13(7-12)18(20,21)22/h2-8,23H,9-11H2,1H3. The van der Waals surface area contributed by atoms with Gasteiger partial charge in [-0.25, -0.2) is 0 Å². The number of benzene rings is 2. The summed E-state index contributed by atoms with van der Waals surface area (Å²) in [5.41, 5.74) is -0.552. The summed E-state index contributed by atoms with van der Waals surface area (Å²) < 4.78 is 51.0. The zero-order chi connectivity index (χ0) is 18.1. The summed E-state index contributed by atoms with van der Waals surface area (Å²) in [6.07, 6.45) is -4.37. The Morgan fingerprint density at radius 3 is 2.52 bits per heavy atom. The van der Waals surface area contributed by atoms with E-state index in [9.17, 15) is 13.2 Å². The van der Waals surface area contributed by atoms with Crippen LogP contribution in [0.4, 0.5) is 13.2 Å². The van der Waals surface area contributed by atoms with Gasteiger partial charge in [0, 0.05) is 17.6 Å². The molecule has 0 saturated carbocycles. The molecule has 1 N–H and O–H groups in total. The predicted molar refractivity (Wildman–Crippen MR) is 91.8 cm³/mol. The summed E-state index contributed by atoms with van der Waals surface area (Å²) in [4.78, 5) is 0. The fourth-order valence-electron chi connectivity index (χ4n) is 2.49. The summed E-state index contributed by atoms with van der Waals surface area (Å²) in [6.45, 7) is 3.47. The zero-order valence-electron chi connectivity index (χ0n) is 13.5. The van der Waals surface area contributed by atoms with Gasteiger partial charge in [0.25, 0.3) is 0 Å². The van der Waals surface area contributed by atoms with Crippen LogP contribution < -0.4 is 14.8 Å². The monoisotopic (exact) mass is 415 g/mol. The molecule has 2 aromatic rings. The molecule has 0 radical (unpaired) electrons. The van der Waals surface area contributed by atoms with Gasteiger partial charge in [-0.2, -0.15) is 13.2 Å². The van der Waals surface area contributed by atoms with Gasteiger partial charge in [-0.05, 0) is 42.8 Å². The maximum absolute atomic E-state index is 12.8. The lowest BCUT2D eigenvalue weighted by atomic mass is 10.00. The molecular formula is C18H17BrF3NO2. The van der Waals surface area contributed by atoms with Crippen LogP contribution in [0.2, 0.25) is 0 Å². The molecule has 1 heterocycles. The molecule has 3 rings (SSSR count). The second-order valence-corrected chi connectivity index (χ2v) is 7.15. The Morgan fingerprint density at radius 2 is 1.88 bits per heavy atom. The number of alkyl halides is 3. The summed E-state index contributed by atoms with van der Waals surface area (Å²) in [5, 5.41) is 3.15. The smallest absolute Gasteiger partial charge is 0.416 e. The Balaban J connectivity index is 1.75. The first-order valence-corrected chi connectivity index (χ1v) is 8.53. The van der Waals surface area contributed by atoms with Crippen molar-refractivity contribution < 1.29 is 22.6 Å². The third-order valence-electron chi connectivity index (χ3n) is 3.91. The first-order valence-electron chi connectivity index (χ1n) is 7.73. The number of halogens is 4. The molecule has 3 nitrogen and oxygen atoms in total. The molecule has 0 bridgehead atoms. The van der Waals surface area contributed by atoms with Crippen molar-refractivity contribution in [2.24, 2.45) is 0 Å². The van der Waals surface area contributed by atoms with Crippen LogP contribution in [0.1, 0.15) is 18.1 Å². The number of rotatable bonds is 5. The number of hydrogen-bond donors (Lipinski definition) is 1. The van der Waals surface area contributed by atoms with Gasteiger partial charge in [0.15, 0.2) is 11.5 Å². The van der Waals surface area contributed by atoms with Crippen molar-refractivity contribution in [1.82, 2.24) is 5.32 Å². The molecule has 1 aliphatic heterocycles. The molecule has 1 aliphatic rings. The molecule has 1 saturated heterocycles. The highest BCUT2D eigenvalue weighted by atomic mass is 79.9. The van der Waals surface area contributed by atoms with Crippen LogP contribution in [-0.4, -0.2) is 18.7 Å². The molecule has 25 heavy (non-hydrogen) atoms. The van der Waals surface area contributed by atoms with Crippen molar-refractivity contribution >= 4 is 15.9 Å². The minimum atomic E-state index is -4.37. The van der Waals surface area contributed by atoms with Crippen molar-refractivity contribution in [3.63, 3.8) is 0 Å². The summed E-state index contributed by atoms with van der Waals surface area (Å²) >= 11 is 3.39. The van der Waals surface area contributed by atoms with E-state index in [1.807, 2.05) is 6.92 Å². The number of ether oxygens (including phenoxy) is 2. The molecule has 0 spiro atoms. The first-order chi connectivity index (χ1) is 11.8. The van der Waals surface area contributed by atoms with Crippen LogP contribution >= 0.6 is 15.9 Å². The maximum Gasteiger partial charge on any atom is 0.416 e. The summed E-state index contributed by atoms with van der Waals surface area (Å²) in [5.74, 6) is 1.05. The van der Waals surface area contributed by atoms with E-state index in [-0.39, 0.29) is 12.2 Å².